The Hall–Kier alpha value is -2.96. The number of hydrogen-bond donors (Lipinski definition) is 0. The van der Waals surface area contributed by atoms with Crippen LogP contribution in [-0.2, 0) is 10.0 Å². The summed E-state index contributed by atoms with van der Waals surface area (Å²) in [5.74, 6) is 0.107. The molecule has 0 unspecified atom stereocenters. The van der Waals surface area contributed by atoms with E-state index in [1.165, 1.54) is 49.7 Å². The van der Waals surface area contributed by atoms with Crippen LogP contribution in [-0.4, -0.2) is 73.4 Å². The molecule has 1 aliphatic heterocycles. The molecule has 4 rings (SSSR count). The second-order valence-electron chi connectivity index (χ2n) is 7.69. The molecule has 1 amide bonds. The third-order valence-electron chi connectivity index (χ3n) is 5.66. The third kappa shape index (κ3) is 4.21. The Kier molecular flexibility index (Phi) is 6.16. The average molecular weight is 537 g/mol. The smallest absolute Gasteiger partial charge is 0.270 e. The minimum Gasteiger partial charge on any atom is -0.497 e. The number of carbonyl (C=O) groups is 1. The highest BCUT2D eigenvalue weighted by Crippen LogP contribution is 2.33. The van der Waals surface area contributed by atoms with E-state index in [1.807, 2.05) is 7.05 Å². The van der Waals surface area contributed by atoms with Gasteiger partial charge < -0.3 is 14.5 Å². The van der Waals surface area contributed by atoms with Crippen LogP contribution >= 0.6 is 15.9 Å². The molecule has 2 aromatic carbocycles. The number of fused-ring (bicyclic) bond motifs is 1. The van der Waals surface area contributed by atoms with Crippen LogP contribution in [0.1, 0.15) is 10.4 Å². The van der Waals surface area contributed by atoms with Gasteiger partial charge in [0, 0.05) is 54.4 Å². The molecule has 174 valence electrons. The van der Waals surface area contributed by atoms with Gasteiger partial charge in [-0.2, -0.15) is 0 Å². The van der Waals surface area contributed by atoms with Crippen molar-refractivity contribution < 1.29 is 22.9 Å². The lowest BCUT2D eigenvalue weighted by Gasteiger charge is -2.32. The van der Waals surface area contributed by atoms with Crippen molar-refractivity contribution >= 4 is 48.5 Å². The van der Waals surface area contributed by atoms with Crippen LogP contribution in [0.15, 0.2) is 52.0 Å². The monoisotopic (exact) mass is 536 g/mol. The van der Waals surface area contributed by atoms with Crippen LogP contribution in [0.2, 0.25) is 0 Å². The molecule has 10 nitrogen and oxygen atoms in total. The molecular weight excluding hydrogens is 516 g/mol. The lowest BCUT2D eigenvalue weighted by molar-refractivity contribution is -0.384. The van der Waals surface area contributed by atoms with E-state index < -0.39 is 14.9 Å². The Morgan fingerprint density at radius 2 is 1.82 bits per heavy atom. The lowest BCUT2D eigenvalue weighted by Crippen LogP contribution is -2.47. The lowest BCUT2D eigenvalue weighted by atomic mass is 10.1. The summed E-state index contributed by atoms with van der Waals surface area (Å²) in [5, 5.41) is 11.6. The van der Waals surface area contributed by atoms with Gasteiger partial charge >= 0.3 is 0 Å². The maximum absolute atomic E-state index is 13.6. The van der Waals surface area contributed by atoms with Gasteiger partial charge in [0.05, 0.1) is 23.1 Å². The maximum Gasteiger partial charge on any atom is 0.270 e. The summed E-state index contributed by atoms with van der Waals surface area (Å²) in [6.07, 6.45) is 1.25. The number of halogens is 1. The Balaban J connectivity index is 1.89. The molecule has 0 N–H and O–H groups in total. The molecule has 0 atom stereocenters. The third-order valence-corrected chi connectivity index (χ3v) is 8.31. The fraction of sp³-hybridized carbons (Fsp3) is 0.286. The standard InChI is InChI=1S/C21H21BrN4O6S/c1-23-7-9-24(10-8-23)21(27)17-13-25(19-5-3-14(26(28)29)11-16(17)19)33(30,31)20-6-4-15(32-2)12-18(20)22/h3-6,11-13H,7-10H2,1-2H3. The predicted octanol–water partition coefficient (Wildman–Crippen LogP) is 2.95. The van der Waals surface area contributed by atoms with Crippen LogP contribution in [0.4, 0.5) is 5.69 Å². The van der Waals surface area contributed by atoms with E-state index in [1.54, 1.807) is 4.90 Å². The van der Waals surface area contributed by atoms with Crippen molar-refractivity contribution in [3.05, 3.63) is 62.7 Å². The zero-order valence-electron chi connectivity index (χ0n) is 17.9. The molecule has 0 aliphatic carbocycles. The normalized spacial score (nSPS) is 15.1. The summed E-state index contributed by atoms with van der Waals surface area (Å²) >= 11 is 3.28. The van der Waals surface area contributed by atoms with Crippen molar-refractivity contribution in [3.63, 3.8) is 0 Å². The number of carbonyl (C=O) groups excluding carboxylic acids is 1. The Bertz CT molecular complexity index is 1360. The Labute approximate surface area is 198 Å². The van der Waals surface area contributed by atoms with Gasteiger partial charge in [-0.1, -0.05) is 0 Å². The number of rotatable bonds is 5. The summed E-state index contributed by atoms with van der Waals surface area (Å²) in [5.41, 5.74) is 0.0583. The van der Waals surface area contributed by atoms with Crippen molar-refractivity contribution in [2.45, 2.75) is 4.90 Å². The van der Waals surface area contributed by atoms with Gasteiger partial charge in [0.25, 0.3) is 21.6 Å². The van der Waals surface area contributed by atoms with Crippen molar-refractivity contribution in [1.82, 2.24) is 13.8 Å². The number of likely N-dealkylation sites (N-methyl/N-ethyl adjacent to an activating group) is 1. The second kappa shape index (κ2) is 8.76. The van der Waals surface area contributed by atoms with Gasteiger partial charge in [0.15, 0.2) is 0 Å². The minimum absolute atomic E-state index is 0.0304. The van der Waals surface area contributed by atoms with E-state index in [-0.39, 0.29) is 37.4 Å². The zero-order chi connectivity index (χ0) is 23.9. The average Bonchev–Trinajstić information content (AvgIpc) is 3.18. The highest BCUT2D eigenvalue weighted by Gasteiger charge is 2.29. The van der Waals surface area contributed by atoms with Gasteiger partial charge in [-0.15, -0.1) is 0 Å². The first-order valence-electron chi connectivity index (χ1n) is 10.00. The number of nitro benzene ring substituents is 1. The Morgan fingerprint density at radius 1 is 1.12 bits per heavy atom. The van der Waals surface area contributed by atoms with Gasteiger partial charge in [-0.25, -0.2) is 12.4 Å². The van der Waals surface area contributed by atoms with Gasteiger partial charge in [0.1, 0.15) is 10.6 Å². The number of nitro groups is 1. The summed E-state index contributed by atoms with van der Waals surface area (Å²) < 4.78 is 33.6. The van der Waals surface area contributed by atoms with Crippen molar-refractivity contribution in [2.24, 2.45) is 0 Å². The van der Waals surface area contributed by atoms with Crippen molar-refractivity contribution in [3.8, 4) is 5.75 Å². The minimum atomic E-state index is -4.14. The quantitative estimate of drug-likeness (QED) is 0.363. The second-order valence-corrected chi connectivity index (χ2v) is 10.3. The van der Waals surface area contributed by atoms with Gasteiger partial charge in [-0.05, 0) is 47.2 Å². The molecular formula is C21H21BrN4O6S. The molecule has 0 bridgehead atoms. The van der Waals surface area contributed by atoms with Crippen LogP contribution in [0.3, 0.4) is 0 Å². The van der Waals surface area contributed by atoms with E-state index >= 15 is 0 Å². The zero-order valence-corrected chi connectivity index (χ0v) is 20.3. The molecule has 1 aromatic heterocycles. The van der Waals surface area contributed by atoms with Gasteiger partial charge in [0.2, 0.25) is 0 Å². The summed E-state index contributed by atoms with van der Waals surface area (Å²) in [6, 6.07) is 8.26. The number of benzene rings is 2. The summed E-state index contributed by atoms with van der Waals surface area (Å²) in [6.45, 7) is 2.32. The molecule has 0 radical (unpaired) electrons. The Morgan fingerprint density at radius 3 is 2.42 bits per heavy atom. The largest absolute Gasteiger partial charge is 0.497 e. The highest BCUT2D eigenvalue weighted by atomic mass is 79.9. The van der Waals surface area contributed by atoms with Crippen molar-refractivity contribution in [1.29, 1.82) is 0 Å². The van der Waals surface area contributed by atoms with Crippen molar-refractivity contribution in [2.75, 3.05) is 40.3 Å². The molecule has 1 fully saturated rings. The maximum atomic E-state index is 13.6. The SMILES string of the molecule is COc1ccc(S(=O)(=O)n2cc(C(=O)N3CCN(C)CC3)c3cc([N+](=O)[O-])ccc32)c(Br)c1. The molecule has 33 heavy (non-hydrogen) atoms. The number of amides is 1. The first kappa shape index (κ1) is 23.2. The molecule has 2 heterocycles. The topological polar surface area (TPSA) is 115 Å². The number of ether oxygens (including phenoxy) is 1. The van der Waals surface area contributed by atoms with Crippen LogP contribution in [0, 0.1) is 10.1 Å². The van der Waals surface area contributed by atoms with E-state index in [2.05, 4.69) is 20.8 Å². The first-order valence-corrected chi connectivity index (χ1v) is 12.2. The van der Waals surface area contributed by atoms with Crippen LogP contribution in [0.5, 0.6) is 5.75 Å². The number of nitrogens with zero attached hydrogens (tertiary/aromatic N) is 4. The fourth-order valence-corrected chi connectivity index (χ4v) is 6.17. The van der Waals surface area contributed by atoms with E-state index in [0.29, 0.717) is 31.9 Å². The molecule has 1 saturated heterocycles. The van der Waals surface area contributed by atoms with Crippen LogP contribution in [0.25, 0.3) is 10.9 Å². The predicted molar refractivity (Wildman–Crippen MR) is 125 cm³/mol. The number of hydrogen-bond acceptors (Lipinski definition) is 7. The molecule has 3 aromatic rings. The van der Waals surface area contributed by atoms with E-state index in [9.17, 15) is 23.3 Å². The summed E-state index contributed by atoms with van der Waals surface area (Å²) in [4.78, 5) is 27.8. The number of methoxy groups -OCH3 is 1. The highest BCUT2D eigenvalue weighted by molar-refractivity contribution is 9.10. The number of piperazine rings is 1. The fourth-order valence-electron chi connectivity index (χ4n) is 3.77. The van der Waals surface area contributed by atoms with E-state index in [4.69, 9.17) is 4.74 Å². The molecule has 0 spiro atoms. The number of non-ortho nitro benzene ring substituents is 1. The van der Waals surface area contributed by atoms with Crippen LogP contribution < -0.4 is 4.74 Å². The number of aromatic nitrogens is 1. The van der Waals surface area contributed by atoms with Gasteiger partial charge in [-0.3, -0.25) is 14.9 Å². The molecule has 12 heteroatoms. The first-order chi connectivity index (χ1) is 15.6. The molecule has 0 saturated carbocycles. The van der Waals surface area contributed by atoms with E-state index in [0.717, 1.165) is 3.97 Å². The molecule has 1 aliphatic rings. The summed E-state index contributed by atoms with van der Waals surface area (Å²) in [7, 11) is -0.716.